The molecular formula is C16H14O2. The first-order valence-electron chi connectivity index (χ1n) is 6.18. The van der Waals surface area contributed by atoms with Crippen molar-refractivity contribution < 1.29 is 9.90 Å². The van der Waals surface area contributed by atoms with Crippen LogP contribution >= 0.6 is 0 Å². The Kier molecular flexibility index (Phi) is 2.63. The summed E-state index contributed by atoms with van der Waals surface area (Å²) in [6, 6.07) is 15.5. The normalized spacial score (nSPS) is 14.4. The van der Waals surface area contributed by atoms with Crippen LogP contribution in [0.3, 0.4) is 0 Å². The number of carbonyl (C=O) groups is 1. The van der Waals surface area contributed by atoms with Crippen LogP contribution in [0.25, 0.3) is 11.1 Å². The van der Waals surface area contributed by atoms with Gasteiger partial charge in [-0.1, -0.05) is 36.4 Å². The third kappa shape index (κ3) is 2.02. The third-order valence-corrected chi connectivity index (χ3v) is 3.42. The lowest BCUT2D eigenvalue weighted by Crippen LogP contribution is -1.95. The second-order valence-corrected chi connectivity index (χ2v) is 4.74. The van der Waals surface area contributed by atoms with Crippen LogP contribution in [0.15, 0.2) is 48.5 Å². The molecule has 0 radical (unpaired) electrons. The molecule has 0 atom stereocenters. The van der Waals surface area contributed by atoms with E-state index in [-0.39, 0.29) is 0 Å². The van der Waals surface area contributed by atoms with Crippen LogP contribution in [0.2, 0.25) is 0 Å². The van der Waals surface area contributed by atoms with Crippen LogP contribution in [-0.4, -0.2) is 11.1 Å². The second kappa shape index (κ2) is 4.30. The van der Waals surface area contributed by atoms with Gasteiger partial charge < -0.3 is 5.11 Å². The molecule has 90 valence electrons. The fraction of sp³-hybridized carbons (Fsp3) is 0.188. The predicted molar refractivity (Wildman–Crippen MR) is 70.8 cm³/mol. The first-order valence-corrected chi connectivity index (χ1v) is 6.18. The van der Waals surface area contributed by atoms with Gasteiger partial charge >= 0.3 is 5.97 Å². The van der Waals surface area contributed by atoms with Crippen molar-refractivity contribution in [2.75, 3.05) is 0 Å². The second-order valence-electron chi connectivity index (χ2n) is 4.74. The Bertz CT molecular complexity index is 580. The number of aromatic carboxylic acids is 1. The Morgan fingerprint density at radius 1 is 1.00 bits per heavy atom. The Balaban J connectivity index is 2.01. The van der Waals surface area contributed by atoms with Crippen LogP contribution in [-0.2, 0) is 0 Å². The van der Waals surface area contributed by atoms with Crippen molar-refractivity contribution in [2.45, 2.75) is 18.8 Å². The van der Waals surface area contributed by atoms with E-state index in [4.69, 9.17) is 5.11 Å². The van der Waals surface area contributed by atoms with E-state index in [0.717, 1.165) is 5.56 Å². The number of rotatable bonds is 3. The number of carboxylic acid groups (broad SMARTS) is 1. The maximum Gasteiger partial charge on any atom is 0.335 e. The fourth-order valence-electron chi connectivity index (χ4n) is 2.30. The molecule has 1 aliphatic rings. The van der Waals surface area contributed by atoms with Gasteiger partial charge in [0.2, 0.25) is 0 Å². The molecule has 1 N–H and O–H groups in total. The van der Waals surface area contributed by atoms with Gasteiger partial charge in [0.05, 0.1) is 5.56 Å². The summed E-state index contributed by atoms with van der Waals surface area (Å²) in [5, 5.41) is 8.90. The lowest BCUT2D eigenvalue weighted by molar-refractivity contribution is 0.0697. The number of carboxylic acids is 1. The summed E-state index contributed by atoms with van der Waals surface area (Å²) >= 11 is 0. The summed E-state index contributed by atoms with van der Waals surface area (Å²) in [4.78, 5) is 10.8. The van der Waals surface area contributed by atoms with Gasteiger partial charge in [0.25, 0.3) is 0 Å². The largest absolute Gasteiger partial charge is 0.478 e. The quantitative estimate of drug-likeness (QED) is 0.879. The third-order valence-electron chi connectivity index (χ3n) is 3.42. The van der Waals surface area contributed by atoms with E-state index >= 15 is 0 Å². The Morgan fingerprint density at radius 2 is 1.67 bits per heavy atom. The van der Waals surface area contributed by atoms with Crippen molar-refractivity contribution in [1.82, 2.24) is 0 Å². The van der Waals surface area contributed by atoms with E-state index in [1.165, 1.54) is 24.0 Å². The molecule has 2 heteroatoms. The molecule has 0 aliphatic heterocycles. The van der Waals surface area contributed by atoms with Gasteiger partial charge in [0, 0.05) is 0 Å². The smallest absolute Gasteiger partial charge is 0.335 e. The standard InChI is InChI=1S/C16H14O2/c17-16(18)13-9-7-12(8-10-13)15-4-2-1-3-14(15)11-5-6-11/h1-4,7-11H,5-6H2,(H,17,18). The van der Waals surface area contributed by atoms with Crippen LogP contribution in [0, 0.1) is 0 Å². The zero-order valence-electron chi connectivity index (χ0n) is 9.97. The molecule has 0 unspecified atom stereocenters. The summed E-state index contributed by atoms with van der Waals surface area (Å²) in [5.74, 6) is -0.183. The maximum absolute atomic E-state index is 10.8. The molecule has 1 fully saturated rings. The lowest BCUT2D eigenvalue weighted by Gasteiger charge is -2.08. The van der Waals surface area contributed by atoms with Crippen molar-refractivity contribution in [3.8, 4) is 11.1 Å². The summed E-state index contributed by atoms with van der Waals surface area (Å²) in [6.45, 7) is 0. The highest BCUT2D eigenvalue weighted by Crippen LogP contribution is 2.44. The van der Waals surface area contributed by atoms with E-state index in [1.54, 1.807) is 12.1 Å². The minimum Gasteiger partial charge on any atom is -0.478 e. The number of benzene rings is 2. The minimum absolute atomic E-state index is 0.336. The van der Waals surface area contributed by atoms with Gasteiger partial charge in [-0.05, 0) is 47.6 Å². The van der Waals surface area contributed by atoms with Gasteiger partial charge in [-0.2, -0.15) is 0 Å². The highest BCUT2D eigenvalue weighted by molar-refractivity contribution is 5.88. The molecule has 2 aromatic rings. The van der Waals surface area contributed by atoms with Crippen LogP contribution < -0.4 is 0 Å². The molecule has 18 heavy (non-hydrogen) atoms. The van der Waals surface area contributed by atoms with E-state index < -0.39 is 5.97 Å². The first-order chi connectivity index (χ1) is 8.75. The Morgan fingerprint density at radius 3 is 2.28 bits per heavy atom. The predicted octanol–water partition coefficient (Wildman–Crippen LogP) is 3.93. The van der Waals surface area contributed by atoms with Gasteiger partial charge in [-0.15, -0.1) is 0 Å². The summed E-state index contributed by atoms with van der Waals surface area (Å²) in [6.07, 6.45) is 2.54. The van der Waals surface area contributed by atoms with Crippen molar-refractivity contribution in [2.24, 2.45) is 0 Å². The summed E-state index contributed by atoms with van der Waals surface area (Å²) < 4.78 is 0. The van der Waals surface area contributed by atoms with Crippen LogP contribution in [0.1, 0.15) is 34.7 Å². The Labute approximate surface area is 106 Å². The molecule has 0 saturated heterocycles. The number of hydrogen-bond acceptors (Lipinski definition) is 1. The molecule has 0 spiro atoms. The molecule has 1 saturated carbocycles. The molecule has 1 aliphatic carbocycles. The fourth-order valence-corrected chi connectivity index (χ4v) is 2.30. The van der Waals surface area contributed by atoms with Gasteiger partial charge in [0.1, 0.15) is 0 Å². The van der Waals surface area contributed by atoms with Crippen molar-refractivity contribution >= 4 is 5.97 Å². The average molecular weight is 238 g/mol. The van der Waals surface area contributed by atoms with Gasteiger partial charge in [-0.3, -0.25) is 0 Å². The lowest BCUT2D eigenvalue weighted by atomic mass is 9.96. The molecule has 0 heterocycles. The van der Waals surface area contributed by atoms with E-state index in [1.807, 2.05) is 18.2 Å². The SMILES string of the molecule is O=C(O)c1ccc(-c2ccccc2C2CC2)cc1. The molecular weight excluding hydrogens is 224 g/mol. The maximum atomic E-state index is 10.8. The average Bonchev–Trinajstić information content (AvgIpc) is 3.23. The van der Waals surface area contributed by atoms with Crippen LogP contribution in [0.4, 0.5) is 0 Å². The molecule has 0 amide bonds. The number of hydrogen-bond donors (Lipinski definition) is 1. The zero-order chi connectivity index (χ0) is 12.5. The topological polar surface area (TPSA) is 37.3 Å². The van der Waals surface area contributed by atoms with E-state index in [0.29, 0.717) is 11.5 Å². The zero-order valence-corrected chi connectivity index (χ0v) is 9.97. The molecule has 2 aromatic carbocycles. The monoisotopic (exact) mass is 238 g/mol. The van der Waals surface area contributed by atoms with Crippen molar-refractivity contribution in [3.05, 3.63) is 59.7 Å². The van der Waals surface area contributed by atoms with E-state index in [2.05, 4.69) is 18.2 Å². The minimum atomic E-state index is -0.878. The highest BCUT2D eigenvalue weighted by Gasteiger charge is 2.25. The Hall–Kier alpha value is -2.09. The molecule has 3 rings (SSSR count). The first kappa shape index (κ1) is 11.0. The van der Waals surface area contributed by atoms with Crippen molar-refractivity contribution in [1.29, 1.82) is 0 Å². The van der Waals surface area contributed by atoms with Gasteiger partial charge in [0.15, 0.2) is 0 Å². The summed E-state index contributed by atoms with van der Waals surface area (Å²) in [7, 11) is 0. The van der Waals surface area contributed by atoms with Crippen LogP contribution in [0.5, 0.6) is 0 Å². The van der Waals surface area contributed by atoms with Gasteiger partial charge in [-0.25, -0.2) is 4.79 Å². The highest BCUT2D eigenvalue weighted by atomic mass is 16.4. The molecule has 2 nitrogen and oxygen atoms in total. The van der Waals surface area contributed by atoms with Crippen molar-refractivity contribution in [3.63, 3.8) is 0 Å². The molecule has 0 aromatic heterocycles. The summed E-state index contributed by atoms with van der Waals surface area (Å²) in [5.41, 5.74) is 4.06. The van der Waals surface area contributed by atoms with E-state index in [9.17, 15) is 4.79 Å². The molecule has 0 bridgehead atoms.